The third-order valence-electron chi connectivity index (χ3n) is 20.9. The van der Waals surface area contributed by atoms with Crippen molar-refractivity contribution in [2.75, 3.05) is 51.3 Å². The maximum absolute atomic E-state index is 15.0. The van der Waals surface area contributed by atoms with Gasteiger partial charge in [-0.05, 0) is 170 Å². The Balaban J connectivity index is 2.61. The molecular weight excluding hydrogens is 1640 g/mol. The van der Waals surface area contributed by atoms with Gasteiger partial charge in [0.05, 0.1) is 61.5 Å². The van der Waals surface area contributed by atoms with Gasteiger partial charge in [0.1, 0.15) is 36.0 Å². The lowest BCUT2D eigenvalue weighted by Crippen LogP contribution is -2.60. The van der Waals surface area contributed by atoms with Crippen molar-refractivity contribution < 1.29 is 92.3 Å². The van der Waals surface area contributed by atoms with Gasteiger partial charge in [0, 0.05) is 81.3 Å². The highest BCUT2D eigenvalue weighted by Gasteiger charge is 2.40. The number of rotatable bonds is 68. The minimum absolute atomic E-state index is 0.0135. The topological polar surface area (TPSA) is 707 Å². The first-order chi connectivity index (χ1) is 59.1. The zero-order valence-corrected chi connectivity index (χ0v) is 74.9. The molecule has 0 aliphatic heterocycles. The number of nitrogens with zero attached hydrogens (tertiary/aromatic N) is 3. The number of Topliss-reactive ketones (excluding diaryl/α,β-unsaturated/α-hetero) is 4. The van der Waals surface area contributed by atoms with Gasteiger partial charge >= 0.3 is 5.97 Å². The predicted octanol–water partition coefficient (Wildman–Crippen LogP) is -1.08. The van der Waals surface area contributed by atoms with Gasteiger partial charge in [-0.25, -0.2) is 4.98 Å². The maximum Gasteiger partial charge on any atom is 0.305 e. The van der Waals surface area contributed by atoms with Crippen molar-refractivity contribution in [3.63, 3.8) is 0 Å². The number of phenols is 1. The highest BCUT2D eigenvalue weighted by Crippen LogP contribution is 2.25. The first-order valence-electron chi connectivity index (χ1n) is 43.2. The standard InChI is InChI=1S/C84H143N21O19S/c1-47(2)34-54(39-68(109)59(20-12-15-30-87)97-74(116)50(7)18-10-13-28-85)76(118)98-60(21-16-31-94-83(89)90)69(110)40-55(45-106)77(119)99-61(27-33-125-9)71(112)42-58(51(8)107)78(120)101-63(43-72(113)114)70(111)38-53(19-11-14-29-86)75(117)103-66(37-52-23-25-57(108)26-24-52)81(123)100-62(22-17-32-95-84(91)92)79(121)104-65(36-49(5)6)80(122)105-67(41-56-44-93-46-96-56)82(124)102-64(73(88)115)35-48(3)4/h23-26,44,46-51,53-55,58-67,106-108H,10-22,27-43,45,85-87H2,1-9H3,(H2,88,115)(H,93,96)(H,97,116)(H,98,118)(H,99,119)(H,100,123)(H,101,120)(H,102,124)(H,103,117)(H,104,121)(H,105,122)(H,113,114)(H4,89,90,94)(H4,91,92,95)/t50-,51+,53+,54+,55-,58-,59-,60-,61-,62-,63-,64-,65-,66-,67-/m0/s1. The van der Waals surface area contributed by atoms with Gasteiger partial charge < -0.3 is 119 Å². The summed E-state index contributed by atoms with van der Waals surface area (Å²) in [5.41, 5.74) is 46.2. The molecule has 1 aromatic carbocycles. The van der Waals surface area contributed by atoms with Crippen LogP contribution in [0.5, 0.6) is 5.75 Å². The molecule has 125 heavy (non-hydrogen) atoms. The lowest BCUT2D eigenvalue weighted by Gasteiger charge is -2.28. The molecule has 2 aromatic rings. The van der Waals surface area contributed by atoms with Crippen LogP contribution in [-0.2, 0) is 84.8 Å². The van der Waals surface area contributed by atoms with Crippen molar-refractivity contribution in [1.82, 2.24) is 57.8 Å². The number of carbonyl (C=O) groups is 15. The number of aliphatic carboxylic acids is 1. The van der Waals surface area contributed by atoms with E-state index in [0.717, 1.165) is 6.92 Å². The first kappa shape index (κ1) is 111. The number of thioether (sulfide) groups is 1. The number of hydrogen-bond acceptors (Lipinski definition) is 25. The van der Waals surface area contributed by atoms with Crippen LogP contribution in [0.15, 0.2) is 46.8 Å². The lowest BCUT2D eigenvalue weighted by atomic mass is 9.87. The van der Waals surface area contributed by atoms with Crippen LogP contribution in [0.1, 0.15) is 208 Å². The van der Waals surface area contributed by atoms with Gasteiger partial charge in [-0.1, -0.05) is 73.4 Å². The molecule has 0 bridgehead atoms. The van der Waals surface area contributed by atoms with Crippen LogP contribution in [0, 0.1) is 47.3 Å². The van der Waals surface area contributed by atoms with E-state index in [2.05, 4.69) is 67.8 Å². The van der Waals surface area contributed by atoms with Gasteiger partial charge in [0.2, 0.25) is 59.1 Å². The third-order valence-corrected chi connectivity index (χ3v) is 21.6. The van der Waals surface area contributed by atoms with E-state index in [1.165, 1.54) is 48.6 Å². The Kier molecular flexibility index (Phi) is 53.6. The van der Waals surface area contributed by atoms with Crippen molar-refractivity contribution in [2.24, 2.45) is 103 Å². The van der Waals surface area contributed by atoms with Crippen LogP contribution >= 0.6 is 11.8 Å². The van der Waals surface area contributed by atoms with Crippen LogP contribution in [0.25, 0.3) is 0 Å². The molecule has 0 saturated carbocycles. The lowest BCUT2D eigenvalue weighted by molar-refractivity contribution is -0.142. The average molecular weight is 1780 g/mol. The Bertz CT molecular complexity index is 3790. The number of aromatic amines is 1. The fourth-order valence-electron chi connectivity index (χ4n) is 13.9. The van der Waals surface area contributed by atoms with Gasteiger partial charge in [-0.15, -0.1) is 0 Å². The zero-order valence-electron chi connectivity index (χ0n) is 74.1. The molecule has 40 nitrogen and oxygen atoms in total. The number of carboxylic acids is 1. The summed E-state index contributed by atoms with van der Waals surface area (Å²) in [7, 11) is 0. The number of nitrogens with one attached hydrogen (secondary N) is 10. The fourth-order valence-corrected chi connectivity index (χ4v) is 14.4. The number of aliphatic hydroxyl groups excluding tert-OH is 2. The number of aliphatic hydroxyl groups is 2. The van der Waals surface area contributed by atoms with E-state index >= 15 is 4.79 Å². The van der Waals surface area contributed by atoms with E-state index < -0.39 is 205 Å². The number of unbranched alkanes of at least 4 members (excludes halogenated alkanes) is 3. The minimum Gasteiger partial charge on any atom is -0.508 e. The number of carbonyl (C=O) groups excluding carboxylic acids is 14. The number of amides is 10. The molecule has 10 amide bonds. The Hall–Kier alpha value is -10.2. The molecule has 15 atom stereocenters. The zero-order chi connectivity index (χ0) is 94.0. The second-order valence-electron chi connectivity index (χ2n) is 33.3. The molecule has 0 unspecified atom stereocenters. The maximum atomic E-state index is 15.0. The van der Waals surface area contributed by atoms with Gasteiger partial charge in [-0.2, -0.15) is 11.8 Å². The molecule has 1 heterocycles. The number of aromatic nitrogens is 2. The number of carboxylic acid groups (broad SMARTS) is 1. The summed E-state index contributed by atoms with van der Waals surface area (Å²) in [6.45, 7) is 13.7. The first-order valence-corrected chi connectivity index (χ1v) is 44.6. The van der Waals surface area contributed by atoms with Crippen LogP contribution in [-0.4, -0.2) is 242 Å². The molecule has 0 aliphatic rings. The summed E-state index contributed by atoms with van der Waals surface area (Å²) >= 11 is 1.26. The van der Waals surface area contributed by atoms with Crippen LogP contribution in [0.4, 0.5) is 0 Å². The molecule has 1 aromatic heterocycles. The number of aromatic hydroxyl groups is 1. The molecule has 0 aliphatic carbocycles. The fraction of sp³-hybridized carbons (Fsp3) is 0.690. The van der Waals surface area contributed by atoms with Gasteiger partial charge in [-0.3, -0.25) is 81.9 Å². The van der Waals surface area contributed by atoms with Crippen molar-refractivity contribution in [3.8, 4) is 5.75 Å². The summed E-state index contributed by atoms with van der Waals surface area (Å²) in [4.78, 5) is 228. The molecule has 0 fully saturated rings. The average Bonchev–Trinajstić information content (AvgIpc) is 1.29. The molecule has 0 radical (unpaired) electrons. The SMILES string of the molecule is CSCC[C@H](NC(=O)[C@H](CO)CC(=O)[C@H](CCCN=C(N)N)NC(=O)[C@@H](CC(=O)[C@H](CCCCN)NC(=O)[C@@H](C)CCCCN)CC(C)C)C(=O)C[C@H](C(=O)N[C@@H](CC(=O)O)C(=O)C[C@@H](CCCCN)C(=O)N[C@@H](Cc1ccc(O)cc1)C(=O)N[C@@H](CCCN=C(N)N)C(=O)N[C@@H](CC(C)C)C(=O)N[C@@H](Cc1cnc[nH]1)C(=O)N[C@@H](CC(C)C)C(N)=O)[C@@H](C)O. The smallest absolute Gasteiger partial charge is 0.305 e. The molecular formula is C84H143N21O19S. The highest BCUT2D eigenvalue weighted by atomic mass is 32.2. The molecule has 41 heteroatoms. The van der Waals surface area contributed by atoms with Crippen LogP contribution < -0.4 is 93.7 Å². The second-order valence-corrected chi connectivity index (χ2v) is 34.3. The molecule has 0 saturated heterocycles. The summed E-state index contributed by atoms with van der Waals surface area (Å²) < 4.78 is 0. The Morgan fingerprint density at radius 2 is 0.840 bits per heavy atom. The van der Waals surface area contributed by atoms with Gasteiger partial charge in [0.25, 0.3) is 0 Å². The Morgan fingerprint density at radius 1 is 0.432 bits per heavy atom. The minimum atomic E-state index is -1.94. The number of primary amides is 1. The number of H-pyrrole nitrogens is 1. The Morgan fingerprint density at radius 3 is 1.34 bits per heavy atom. The quantitative estimate of drug-likeness (QED) is 0.0213. The highest BCUT2D eigenvalue weighted by molar-refractivity contribution is 7.98. The number of benzene rings is 1. The van der Waals surface area contributed by atoms with Crippen molar-refractivity contribution >= 4 is 112 Å². The van der Waals surface area contributed by atoms with E-state index in [1.807, 2.05) is 27.7 Å². The van der Waals surface area contributed by atoms with Crippen molar-refractivity contribution in [1.29, 1.82) is 0 Å². The number of guanidine groups is 2. The summed E-state index contributed by atoms with van der Waals surface area (Å²) in [5.74, 6) is -20.2. The van der Waals surface area contributed by atoms with E-state index in [9.17, 15) is 87.5 Å². The third kappa shape index (κ3) is 45.0. The molecule has 704 valence electrons. The van der Waals surface area contributed by atoms with E-state index in [-0.39, 0.29) is 157 Å². The van der Waals surface area contributed by atoms with Gasteiger partial charge in [0.15, 0.2) is 35.1 Å². The second kappa shape index (κ2) is 60.4. The Labute approximate surface area is 736 Å². The number of phenolic OH excluding ortho intramolecular Hbond substituents is 1. The van der Waals surface area contributed by atoms with Crippen molar-refractivity contribution in [2.45, 2.75) is 270 Å². The van der Waals surface area contributed by atoms with E-state index in [4.69, 9.17) is 45.9 Å². The monoisotopic (exact) mass is 1780 g/mol. The molecule has 0 spiro atoms. The van der Waals surface area contributed by atoms with Crippen LogP contribution in [0.3, 0.4) is 0 Å². The number of imidazole rings is 1. The van der Waals surface area contributed by atoms with Crippen LogP contribution in [0.2, 0.25) is 0 Å². The number of hydrogen-bond donors (Lipinski definition) is 22. The molecule has 2 rings (SSSR count). The largest absolute Gasteiger partial charge is 0.508 e. The summed E-state index contributed by atoms with van der Waals surface area (Å²) in [6.07, 6.45) is 2.42. The predicted molar refractivity (Wildman–Crippen MR) is 473 cm³/mol. The number of aliphatic imine (C=N–C) groups is 2. The number of nitrogens with two attached hydrogens (primary N) is 8. The van der Waals surface area contributed by atoms with Crippen molar-refractivity contribution in [3.05, 3.63) is 48.0 Å². The van der Waals surface area contributed by atoms with E-state index in [0.29, 0.717) is 62.9 Å². The normalized spacial score (nSPS) is 15.0. The number of ketones is 4. The van der Waals surface area contributed by atoms with E-state index in [1.54, 1.807) is 27.0 Å². The molecule has 30 N–H and O–H groups in total. The summed E-state index contributed by atoms with van der Waals surface area (Å²) in [5, 5.41) is 66.5. The summed E-state index contributed by atoms with van der Waals surface area (Å²) in [6, 6.07) is -7.11.